The minimum atomic E-state index is 0.918. The van der Waals surface area contributed by atoms with Gasteiger partial charge in [-0.2, -0.15) is 0 Å². The fourth-order valence-corrected chi connectivity index (χ4v) is 10.6. The van der Waals surface area contributed by atoms with Crippen LogP contribution in [0.1, 0.15) is 0 Å². The van der Waals surface area contributed by atoms with Crippen LogP contribution in [0.15, 0.2) is 212 Å². The molecule has 3 nitrogen and oxygen atoms in total. The molecule has 0 saturated carbocycles. The summed E-state index contributed by atoms with van der Waals surface area (Å²) in [5.41, 5.74) is 11.7. The van der Waals surface area contributed by atoms with Gasteiger partial charge in [0.25, 0.3) is 0 Å². The van der Waals surface area contributed by atoms with Crippen molar-refractivity contribution in [2.24, 2.45) is 0 Å². The lowest BCUT2D eigenvalue weighted by molar-refractivity contribution is 1.37. The molecule has 0 unspecified atom stereocenters. The number of pyridine rings is 3. The summed E-state index contributed by atoms with van der Waals surface area (Å²) in [7, 11) is 0. The van der Waals surface area contributed by atoms with Crippen LogP contribution in [-0.4, -0.2) is 15.0 Å². The second-order valence-electron chi connectivity index (χ2n) is 17.1. The van der Waals surface area contributed by atoms with Crippen LogP contribution in [0.2, 0.25) is 0 Å². The van der Waals surface area contributed by atoms with Gasteiger partial charge in [-0.05, 0) is 101 Å². The van der Waals surface area contributed by atoms with Crippen molar-refractivity contribution in [1.82, 2.24) is 15.0 Å². The van der Waals surface area contributed by atoms with E-state index in [9.17, 15) is 0 Å². The van der Waals surface area contributed by atoms with E-state index in [1.54, 1.807) is 0 Å². The SMILES string of the molecule is c1ccc(-c2ccc3ccc4cc(-c5ccc6ccc7cc(-c8ccc(-c9nc%10ccccc%10c%10c%11ccccc%11c%11ccccc%11c9%10)cc8)cc8ccc5c6c78)cnc4c3n2)cc1. The molecule has 14 aromatic rings. The van der Waals surface area contributed by atoms with Gasteiger partial charge in [-0.1, -0.05) is 176 Å². The fraction of sp³-hybridized carbons (Fsp3) is 0. The molecule has 0 fully saturated rings. The quantitative estimate of drug-likeness (QED) is 0.166. The van der Waals surface area contributed by atoms with Gasteiger partial charge in [0.15, 0.2) is 0 Å². The molecule has 0 spiro atoms. The van der Waals surface area contributed by atoms with Crippen molar-refractivity contribution in [3.05, 3.63) is 212 Å². The van der Waals surface area contributed by atoms with Gasteiger partial charge in [-0.3, -0.25) is 4.98 Å². The normalized spacial score (nSPS) is 12.1. The second-order valence-corrected chi connectivity index (χ2v) is 17.1. The molecular weight excluding hydrogens is 775 g/mol. The van der Waals surface area contributed by atoms with Crippen LogP contribution in [0.25, 0.3) is 142 Å². The van der Waals surface area contributed by atoms with Crippen LogP contribution < -0.4 is 0 Å². The van der Waals surface area contributed by atoms with Crippen LogP contribution in [-0.2, 0) is 0 Å². The van der Waals surface area contributed by atoms with E-state index in [2.05, 4.69) is 200 Å². The predicted molar refractivity (Wildman–Crippen MR) is 270 cm³/mol. The summed E-state index contributed by atoms with van der Waals surface area (Å²) in [5.74, 6) is 0. The summed E-state index contributed by atoms with van der Waals surface area (Å²) < 4.78 is 0. The monoisotopic (exact) mass is 809 g/mol. The fourth-order valence-electron chi connectivity index (χ4n) is 10.6. The lowest BCUT2D eigenvalue weighted by Crippen LogP contribution is -1.93. The number of rotatable bonds is 4. The van der Waals surface area contributed by atoms with Gasteiger partial charge in [0.05, 0.1) is 27.9 Å². The molecule has 0 aliphatic rings. The van der Waals surface area contributed by atoms with Crippen molar-refractivity contribution in [3.63, 3.8) is 0 Å². The van der Waals surface area contributed by atoms with Gasteiger partial charge < -0.3 is 0 Å². The van der Waals surface area contributed by atoms with Gasteiger partial charge in [-0.15, -0.1) is 0 Å². The molecule has 0 aliphatic heterocycles. The molecule has 0 aliphatic carbocycles. The van der Waals surface area contributed by atoms with Crippen molar-refractivity contribution < 1.29 is 0 Å². The average Bonchev–Trinajstić information content (AvgIpc) is 3.37. The van der Waals surface area contributed by atoms with Crippen LogP contribution in [0.4, 0.5) is 0 Å². The highest BCUT2D eigenvalue weighted by Crippen LogP contribution is 2.45. The zero-order chi connectivity index (χ0) is 41.9. The summed E-state index contributed by atoms with van der Waals surface area (Å²) >= 11 is 0. The standard InChI is InChI=1S/C61H35N3/c1-2-10-37(11-3-1)53-31-28-40-23-25-43-34-45(35-62-60(43)61(40)63-53)46-29-26-38-20-24-41-32-44(33-42-27-30-51(46)56(38)55(41)42)36-18-21-39(22-19-36)59-58-50-15-7-5-13-48(50)47-12-4-6-14-49(47)57(58)52-16-8-9-17-54(52)64-59/h1-35H. The van der Waals surface area contributed by atoms with Crippen molar-refractivity contribution in [3.8, 4) is 44.8 Å². The van der Waals surface area contributed by atoms with Crippen LogP contribution >= 0.6 is 0 Å². The largest absolute Gasteiger partial charge is 0.253 e. The second kappa shape index (κ2) is 13.5. The minimum Gasteiger partial charge on any atom is -0.253 e. The molecule has 0 bridgehead atoms. The first-order valence-corrected chi connectivity index (χ1v) is 21.9. The van der Waals surface area contributed by atoms with E-state index in [-0.39, 0.29) is 0 Å². The van der Waals surface area contributed by atoms with Crippen molar-refractivity contribution in [1.29, 1.82) is 0 Å². The third kappa shape index (κ3) is 5.19. The van der Waals surface area contributed by atoms with Crippen LogP contribution in [0, 0.1) is 0 Å². The Morgan fingerprint density at radius 2 is 0.875 bits per heavy atom. The molecule has 3 aromatic heterocycles. The highest BCUT2D eigenvalue weighted by atomic mass is 14.8. The Balaban J connectivity index is 0.876. The third-order valence-electron chi connectivity index (χ3n) is 13.6. The summed E-state index contributed by atoms with van der Waals surface area (Å²) in [6, 6.07) is 74.8. The van der Waals surface area contributed by atoms with E-state index in [0.717, 1.165) is 55.4 Å². The van der Waals surface area contributed by atoms with Gasteiger partial charge in [0, 0.05) is 49.8 Å². The smallest absolute Gasteiger partial charge is 0.0972 e. The first-order valence-electron chi connectivity index (χ1n) is 21.9. The molecule has 3 heteroatoms. The maximum Gasteiger partial charge on any atom is 0.0972 e. The van der Waals surface area contributed by atoms with E-state index < -0.39 is 0 Å². The number of hydrogen-bond acceptors (Lipinski definition) is 3. The molecule has 0 atom stereocenters. The Hall–Kier alpha value is -8.53. The molecule has 294 valence electrons. The Kier molecular flexibility index (Phi) is 7.40. The number of para-hydroxylation sites is 1. The van der Waals surface area contributed by atoms with Gasteiger partial charge >= 0.3 is 0 Å². The van der Waals surface area contributed by atoms with E-state index in [1.165, 1.54) is 86.7 Å². The Morgan fingerprint density at radius 3 is 1.67 bits per heavy atom. The molecule has 3 heterocycles. The number of aromatic nitrogens is 3. The van der Waals surface area contributed by atoms with Gasteiger partial charge in [-0.25, -0.2) is 9.97 Å². The first-order chi connectivity index (χ1) is 31.7. The van der Waals surface area contributed by atoms with E-state index >= 15 is 0 Å². The minimum absolute atomic E-state index is 0.918. The summed E-state index contributed by atoms with van der Waals surface area (Å²) in [4.78, 5) is 15.6. The Bertz CT molecular complexity index is 4210. The van der Waals surface area contributed by atoms with E-state index in [0.29, 0.717) is 0 Å². The van der Waals surface area contributed by atoms with E-state index in [4.69, 9.17) is 15.0 Å². The van der Waals surface area contributed by atoms with Crippen molar-refractivity contribution >= 4 is 97.3 Å². The van der Waals surface area contributed by atoms with Crippen molar-refractivity contribution in [2.75, 3.05) is 0 Å². The highest BCUT2D eigenvalue weighted by Gasteiger charge is 2.19. The lowest BCUT2D eigenvalue weighted by atomic mass is 9.88. The number of fused-ring (bicyclic) bond motifs is 11. The average molecular weight is 810 g/mol. The van der Waals surface area contributed by atoms with E-state index in [1.807, 2.05) is 12.3 Å². The predicted octanol–water partition coefficient (Wildman–Crippen LogP) is 16.4. The van der Waals surface area contributed by atoms with Crippen molar-refractivity contribution in [2.45, 2.75) is 0 Å². The van der Waals surface area contributed by atoms with Crippen LogP contribution in [0.5, 0.6) is 0 Å². The summed E-state index contributed by atoms with van der Waals surface area (Å²) in [6.07, 6.45) is 2.02. The third-order valence-corrected chi connectivity index (χ3v) is 13.6. The zero-order valence-corrected chi connectivity index (χ0v) is 34.5. The zero-order valence-electron chi connectivity index (χ0n) is 34.5. The number of hydrogen-bond donors (Lipinski definition) is 0. The lowest BCUT2D eigenvalue weighted by Gasteiger charge is -2.17. The molecule has 0 amide bonds. The Labute approximate surface area is 367 Å². The van der Waals surface area contributed by atoms with Crippen LogP contribution in [0.3, 0.4) is 0 Å². The number of nitrogens with zero attached hydrogens (tertiary/aromatic N) is 3. The van der Waals surface area contributed by atoms with Gasteiger partial charge in [0.1, 0.15) is 0 Å². The Morgan fingerprint density at radius 1 is 0.281 bits per heavy atom. The number of benzene rings is 11. The molecular formula is C61H35N3. The first kappa shape index (κ1) is 35.1. The molecule has 0 N–H and O–H groups in total. The topological polar surface area (TPSA) is 38.7 Å². The molecule has 14 rings (SSSR count). The summed E-state index contributed by atoms with van der Waals surface area (Å²) in [5, 5.41) is 18.3. The van der Waals surface area contributed by atoms with Gasteiger partial charge in [0.2, 0.25) is 0 Å². The summed E-state index contributed by atoms with van der Waals surface area (Å²) in [6.45, 7) is 0. The molecule has 11 aromatic carbocycles. The molecule has 64 heavy (non-hydrogen) atoms. The molecule has 0 saturated heterocycles. The molecule has 0 radical (unpaired) electrons. The maximum absolute atomic E-state index is 5.39. The highest BCUT2D eigenvalue weighted by molar-refractivity contribution is 6.33. The maximum atomic E-state index is 5.39.